The van der Waals surface area contributed by atoms with Gasteiger partial charge in [0, 0.05) is 11.8 Å². The number of esters is 1. The average Bonchev–Trinajstić information content (AvgIpc) is 3.08. The molecular weight excluding hydrogens is 384 g/mol. The first-order valence-corrected chi connectivity index (χ1v) is 9.24. The van der Waals surface area contributed by atoms with Gasteiger partial charge in [0.05, 0.1) is 0 Å². The van der Waals surface area contributed by atoms with E-state index in [1.165, 1.54) is 13.0 Å². The maximum absolute atomic E-state index is 12.1. The highest BCUT2D eigenvalue weighted by Crippen LogP contribution is 2.12. The van der Waals surface area contributed by atoms with E-state index in [0.29, 0.717) is 21.4 Å². The summed E-state index contributed by atoms with van der Waals surface area (Å²) in [5.41, 5.74) is 0.293. The molecule has 0 aliphatic rings. The number of aromatic nitrogens is 3. The number of ether oxygens (including phenoxy) is 2. The molecule has 0 radical (unpaired) electrons. The van der Waals surface area contributed by atoms with E-state index in [1.54, 1.807) is 31.2 Å². The topological polar surface area (TPSA) is 112 Å². The molecule has 0 aliphatic heterocycles. The molecular formula is C18H18N4O5S. The molecule has 1 N–H and O–H groups in total. The first kappa shape index (κ1) is 19.5. The van der Waals surface area contributed by atoms with Crippen LogP contribution in [0.1, 0.15) is 17.6 Å². The van der Waals surface area contributed by atoms with Gasteiger partial charge in [0.25, 0.3) is 11.5 Å². The summed E-state index contributed by atoms with van der Waals surface area (Å²) in [5.74, 6) is -0.508. The van der Waals surface area contributed by atoms with Crippen LogP contribution in [0.25, 0.3) is 4.96 Å². The lowest BCUT2D eigenvalue weighted by atomic mass is 10.3. The Bertz CT molecular complexity index is 1050. The molecule has 1 amide bonds. The Morgan fingerprint density at radius 3 is 2.79 bits per heavy atom. The average molecular weight is 402 g/mol. The zero-order valence-electron chi connectivity index (χ0n) is 15.2. The van der Waals surface area contributed by atoms with Gasteiger partial charge < -0.3 is 14.8 Å². The van der Waals surface area contributed by atoms with Gasteiger partial charge in [0.1, 0.15) is 18.4 Å². The molecule has 0 aliphatic carbocycles. The largest absolute Gasteiger partial charge is 0.484 e. The molecule has 1 aromatic carbocycles. The summed E-state index contributed by atoms with van der Waals surface area (Å²) >= 11 is 1.16. The van der Waals surface area contributed by atoms with Crippen molar-refractivity contribution in [2.24, 2.45) is 0 Å². The second-order valence-electron chi connectivity index (χ2n) is 5.92. The molecule has 0 fully saturated rings. The van der Waals surface area contributed by atoms with E-state index >= 15 is 0 Å². The van der Waals surface area contributed by atoms with Crippen LogP contribution in [-0.4, -0.2) is 39.1 Å². The summed E-state index contributed by atoms with van der Waals surface area (Å²) in [4.78, 5) is 40.5. The van der Waals surface area contributed by atoms with Gasteiger partial charge in [0.2, 0.25) is 4.96 Å². The Morgan fingerprint density at radius 2 is 2.04 bits per heavy atom. The van der Waals surface area contributed by atoms with E-state index in [0.717, 1.165) is 15.9 Å². The van der Waals surface area contributed by atoms with Gasteiger partial charge in [-0.3, -0.25) is 9.59 Å². The number of benzene rings is 1. The minimum absolute atomic E-state index is 0.119. The van der Waals surface area contributed by atoms with Gasteiger partial charge in [-0.25, -0.2) is 9.78 Å². The van der Waals surface area contributed by atoms with Crippen molar-refractivity contribution in [2.75, 3.05) is 6.61 Å². The summed E-state index contributed by atoms with van der Waals surface area (Å²) in [5, 5.41) is 7.02. The van der Waals surface area contributed by atoms with E-state index in [2.05, 4.69) is 15.4 Å². The maximum Gasteiger partial charge on any atom is 0.328 e. The van der Waals surface area contributed by atoms with E-state index in [1.807, 2.05) is 6.07 Å². The molecule has 0 saturated carbocycles. The predicted molar refractivity (Wildman–Crippen MR) is 101 cm³/mol. The monoisotopic (exact) mass is 402 g/mol. The van der Waals surface area contributed by atoms with Crippen LogP contribution in [0.15, 0.2) is 41.2 Å². The van der Waals surface area contributed by atoms with Gasteiger partial charge in [0.15, 0.2) is 11.6 Å². The molecule has 2 heterocycles. The summed E-state index contributed by atoms with van der Waals surface area (Å²) < 4.78 is 11.6. The highest BCUT2D eigenvalue weighted by atomic mass is 32.1. The van der Waals surface area contributed by atoms with Gasteiger partial charge in [-0.05, 0) is 26.0 Å². The molecule has 0 saturated heterocycles. The highest BCUT2D eigenvalue weighted by molar-refractivity contribution is 7.16. The molecule has 0 spiro atoms. The van der Waals surface area contributed by atoms with Crippen molar-refractivity contribution in [1.29, 1.82) is 0 Å². The fourth-order valence-electron chi connectivity index (χ4n) is 2.28. The van der Waals surface area contributed by atoms with E-state index in [9.17, 15) is 14.4 Å². The fraction of sp³-hybridized carbons (Fsp3) is 0.278. The standard InChI is InChI=1S/C18H18N4O5S/c1-11-8-16(24)22-18(19-11)28-15(21-22)10-27-17(25)12(2)20-14(23)9-26-13-6-4-3-5-7-13/h3-8,12H,9-10H2,1-2H3,(H,20,23)/t12-/m0/s1. The Labute approximate surface area is 163 Å². The third-order valence-electron chi connectivity index (χ3n) is 3.60. The Kier molecular flexibility index (Phi) is 5.99. The molecule has 10 heteroatoms. The predicted octanol–water partition coefficient (Wildman–Crippen LogP) is 1.09. The second-order valence-corrected chi connectivity index (χ2v) is 6.97. The first-order valence-electron chi connectivity index (χ1n) is 8.42. The maximum atomic E-state index is 12.1. The Morgan fingerprint density at radius 1 is 1.29 bits per heavy atom. The summed E-state index contributed by atoms with van der Waals surface area (Å²) in [6, 6.07) is 9.39. The SMILES string of the molecule is Cc1cc(=O)n2nc(COC(=O)[C@H](C)NC(=O)COc3ccccc3)sc2n1. The first-order chi connectivity index (χ1) is 13.4. The molecule has 0 unspecified atom stereocenters. The number of carbonyl (C=O) groups is 2. The number of aryl methyl sites for hydroxylation is 1. The van der Waals surface area contributed by atoms with E-state index in [-0.39, 0.29) is 18.8 Å². The van der Waals surface area contributed by atoms with Crippen molar-refractivity contribution in [3.8, 4) is 5.75 Å². The number of nitrogens with one attached hydrogen (secondary N) is 1. The minimum Gasteiger partial charge on any atom is -0.484 e. The minimum atomic E-state index is -0.857. The second kappa shape index (κ2) is 8.61. The van der Waals surface area contributed by atoms with E-state index < -0.39 is 17.9 Å². The van der Waals surface area contributed by atoms with Crippen LogP contribution in [0.2, 0.25) is 0 Å². The molecule has 3 rings (SSSR count). The molecule has 3 aromatic rings. The number of hydrogen-bond acceptors (Lipinski definition) is 8. The number of para-hydroxylation sites is 1. The number of amides is 1. The number of hydrogen-bond donors (Lipinski definition) is 1. The van der Waals surface area contributed by atoms with Gasteiger partial charge >= 0.3 is 5.97 Å². The summed E-state index contributed by atoms with van der Waals surface area (Å²) in [6.07, 6.45) is 0. The third kappa shape index (κ3) is 4.92. The summed E-state index contributed by atoms with van der Waals surface area (Å²) in [6.45, 7) is 2.89. The van der Waals surface area contributed by atoms with Crippen LogP contribution >= 0.6 is 11.3 Å². The van der Waals surface area contributed by atoms with Gasteiger partial charge in [-0.1, -0.05) is 29.5 Å². The Hall–Kier alpha value is -3.27. The number of rotatable bonds is 7. The lowest BCUT2D eigenvalue weighted by Crippen LogP contribution is -2.41. The summed E-state index contributed by atoms with van der Waals surface area (Å²) in [7, 11) is 0. The number of fused-ring (bicyclic) bond motifs is 1. The van der Waals surface area contributed by atoms with E-state index in [4.69, 9.17) is 9.47 Å². The fourth-order valence-corrected chi connectivity index (χ4v) is 3.14. The van der Waals surface area contributed by atoms with Gasteiger partial charge in [-0.15, -0.1) is 0 Å². The lowest BCUT2D eigenvalue weighted by Gasteiger charge is -2.13. The molecule has 2 aromatic heterocycles. The molecule has 1 atom stereocenters. The molecule has 146 valence electrons. The van der Waals surface area contributed by atoms with Crippen molar-refractivity contribution in [3.05, 3.63) is 57.5 Å². The van der Waals surface area contributed by atoms with Crippen molar-refractivity contribution in [2.45, 2.75) is 26.5 Å². The van der Waals surface area contributed by atoms with Crippen molar-refractivity contribution in [1.82, 2.24) is 19.9 Å². The van der Waals surface area contributed by atoms with Crippen LogP contribution in [0.5, 0.6) is 5.75 Å². The quantitative estimate of drug-likeness (QED) is 0.589. The molecule has 0 bridgehead atoms. The smallest absolute Gasteiger partial charge is 0.328 e. The van der Waals surface area contributed by atoms with Crippen molar-refractivity contribution >= 4 is 28.2 Å². The van der Waals surface area contributed by atoms with Crippen LogP contribution in [0.4, 0.5) is 0 Å². The lowest BCUT2D eigenvalue weighted by molar-refractivity contribution is -0.148. The Balaban J connectivity index is 1.49. The van der Waals surface area contributed by atoms with Crippen LogP contribution < -0.4 is 15.6 Å². The number of nitrogens with zero attached hydrogens (tertiary/aromatic N) is 3. The van der Waals surface area contributed by atoms with Gasteiger partial charge in [-0.2, -0.15) is 9.61 Å². The van der Waals surface area contributed by atoms with Crippen molar-refractivity contribution in [3.63, 3.8) is 0 Å². The zero-order valence-corrected chi connectivity index (χ0v) is 16.1. The number of carbonyl (C=O) groups excluding carboxylic acids is 2. The third-order valence-corrected chi connectivity index (χ3v) is 4.48. The van der Waals surface area contributed by atoms with Crippen LogP contribution in [0, 0.1) is 6.92 Å². The molecule has 28 heavy (non-hydrogen) atoms. The van der Waals surface area contributed by atoms with Crippen LogP contribution in [0.3, 0.4) is 0 Å². The van der Waals surface area contributed by atoms with Crippen LogP contribution in [-0.2, 0) is 20.9 Å². The zero-order chi connectivity index (χ0) is 20.1. The molecule has 9 nitrogen and oxygen atoms in total. The highest BCUT2D eigenvalue weighted by Gasteiger charge is 2.18. The normalized spacial score (nSPS) is 11.8. The van der Waals surface area contributed by atoms with Crippen molar-refractivity contribution < 1.29 is 19.1 Å².